The van der Waals surface area contributed by atoms with Crippen molar-refractivity contribution in [3.8, 4) is 5.75 Å². The van der Waals surface area contributed by atoms with Gasteiger partial charge in [-0.15, -0.1) is 21.5 Å². The Morgan fingerprint density at radius 3 is 2.55 bits per heavy atom. The molecular formula is C22H24N6O3S2. The van der Waals surface area contributed by atoms with Crippen molar-refractivity contribution < 1.29 is 14.3 Å². The fourth-order valence-corrected chi connectivity index (χ4v) is 5.10. The Morgan fingerprint density at radius 2 is 1.88 bits per heavy atom. The number of rotatable bonds is 6. The lowest BCUT2D eigenvalue weighted by Gasteiger charge is -2.11. The second-order valence-corrected chi connectivity index (χ2v) is 9.89. The lowest BCUT2D eigenvalue weighted by molar-refractivity contribution is -0.119. The maximum atomic E-state index is 12.4. The molecular weight excluding hydrogens is 460 g/mol. The van der Waals surface area contributed by atoms with Crippen molar-refractivity contribution in [1.82, 2.24) is 30.4 Å². The van der Waals surface area contributed by atoms with Gasteiger partial charge in [0.2, 0.25) is 5.91 Å². The van der Waals surface area contributed by atoms with Gasteiger partial charge in [0, 0.05) is 16.4 Å². The zero-order chi connectivity index (χ0) is 23.7. The molecule has 1 aromatic carbocycles. The van der Waals surface area contributed by atoms with E-state index in [1.165, 1.54) is 16.6 Å². The molecule has 33 heavy (non-hydrogen) atoms. The van der Waals surface area contributed by atoms with Crippen molar-refractivity contribution in [2.75, 3.05) is 12.9 Å². The molecule has 2 N–H and O–H groups in total. The Kier molecular flexibility index (Phi) is 6.52. The molecule has 0 radical (unpaired) electrons. The van der Waals surface area contributed by atoms with Crippen LogP contribution in [0.1, 0.15) is 46.4 Å². The first-order chi connectivity index (χ1) is 15.8. The van der Waals surface area contributed by atoms with E-state index in [1.807, 2.05) is 4.40 Å². The Labute approximate surface area is 198 Å². The zero-order valence-corrected chi connectivity index (χ0v) is 20.6. The summed E-state index contributed by atoms with van der Waals surface area (Å²) in [6.45, 7) is 8.27. The quantitative estimate of drug-likeness (QED) is 0.317. The largest absolute Gasteiger partial charge is 0.497 e. The van der Waals surface area contributed by atoms with Gasteiger partial charge in [-0.3, -0.25) is 24.8 Å². The number of amides is 2. The average molecular weight is 485 g/mol. The third kappa shape index (κ3) is 4.51. The Bertz CT molecular complexity index is 1340. The lowest BCUT2D eigenvalue weighted by Crippen LogP contribution is -2.42. The van der Waals surface area contributed by atoms with Crippen molar-refractivity contribution >= 4 is 50.8 Å². The van der Waals surface area contributed by atoms with Crippen LogP contribution in [0.15, 0.2) is 29.4 Å². The summed E-state index contributed by atoms with van der Waals surface area (Å²) in [5, 5.41) is 10.3. The van der Waals surface area contributed by atoms with Crippen molar-refractivity contribution in [3.05, 3.63) is 46.1 Å². The van der Waals surface area contributed by atoms with Gasteiger partial charge in [0.15, 0.2) is 10.8 Å². The van der Waals surface area contributed by atoms with Gasteiger partial charge < -0.3 is 4.74 Å². The molecule has 172 valence electrons. The number of thiophene rings is 1. The second kappa shape index (κ2) is 9.36. The number of nitrogens with zero attached hydrogens (tertiary/aromatic N) is 4. The predicted octanol–water partition coefficient (Wildman–Crippen LogP) is 3.64. The number of fused-ring (bicyclic) bond motifs is 3. The molecule has 9 nitrogen and oxygen atoms in total. The van der Waals surface area contributed by atoms with Crippen LogP contribution in [-0.4, -0.2) is 44.3 Å². The monoisotopic (exact) mass is 484 g/mol. The molecule has 0 saturated carbocycles. The Morgan fingerprint density at radius 1 is 1.15 bits per heavy atom. The SMILES string of the molecule is COc1ccc(C(=O)NNC(=O)CSc2nnc3c4c(C)c(C)sc4nc(C(C)C)n23)cc1. The number of ether oxygens (including phenoxy) is 1. The van der Waals surface area contributed by atoms with E-state index in [4.69, 9.17) is 9.72 Å². The molecule has 0 fully saturated rings. The molecule has 0 aliphatic rings. The van der Waals surface area contributed by atoms with Crippen molar-refractivity contribution in [3.63, 3.8) is 0 Å². The van der Waals surface area contributed by atoms with Crippen LogP contribution in [0.2, 0.25) is 0 Å². The number of aromatic nitrogens is 4. The van der Waals surface area contributed by atoms with Crippen LogP contribution in [0.5, 0.6) is 5.75 Å². The third-order valence-electron chi connectivity index (χ3n) is 5.19. The highest BCUT2D eigenvalue weighted by molar-refractivity contribution is 7.99. The van der Waals surface area contributed by atoms with Gasteiger partial charge in [0.05, 0.1) is 18.2 Å². The van der Waals surface area contributed by atoms with Gasteiger partial charge in [-0.2, -0.15) is 0 Å². The van der Waals surface area contributed by atoms with Gasteiger partial charge in [-0.1, -0.05) is 25.6 Å². The summed E-state index contributed by atoms with van der Waals surface area (Å²) in [6.07, 6.45) is 0. The normalized spacial score (nSPS) is 11.3. The number of benzene rings is 1. The average Bonchev–Trinajstić information content (AvgIpc) is 3.35. The third-order valence-corrected chi connectivity index (χ3v) is 7.22. The van der Waals surface area contributed by atoms with E-state index < -0.39 is 5.91 Å². The molecule has 0 aliphatic carbocycles. The maximum Gasteiger partial charge on any atom is 0.269 e. The summed E-state index contributed by atoms with van der Waals surface area (Å²) < 4.78 is 7.01. The molecule has 0 atom stereocenters. The minimum Gasteiger partial charge on any atom is -0.497 e. The summed E-state index contributed by atoms with van der Waals surface area (Å²) >= 11 is 2.89. The predicted molar refractivity (Wildman–Crippen MR) is 129 cm³/mol. The molecule has 0 saturated heterocycles. The zero-order valence-electron chi connectivity index (χ0n) is 18.9. The van der Waals surface area contributed by atoms with Crippen molar-refractivity contribution in [1.29, 1.82) is 0 Å². The van der Waals surface area contributed by atoms with Gasteiger partial charge >= 0.3 is 0 Å². The van der Waals surface area contributed by atoms with Crippen LogP contribution in [0, 0.1) is 13.8 Å². The summed E-state index contributed by atoms with van der Waals surface area (Å²) in [4.78, 5) is 31.6. The molecule has 4 aromatic rings. The van der Waals surface area contributed by atoms with Crippen LogP contribution >= 0.6 is 23.1 Å². The summed E-state index contributed by atoms with van der Waals surface area (Å²) in [5.74, 6) is 0.920. The highest BCUT2D eigenvalue weighted by Gasteiger charge is 2.21. The van der Waals surface area contributed by atoms with Gasteiger partial charge in [-0.25, -0.2) is 4.98 Å². The van der Waals surface area contributed by atoms with Crippen LogP contribution in [0.25, 0.3) is 15.9 Å². The second-order valence-electron chi connectivity index (χ2n) is 7.75. The number of hydrogen-bond acceptors (Lipinski definition) is 8. The fraction of sp³-hybridized carbons (Fsp3) is 0.318. The minimum absolute atomic E-state index is 0.0565. The Balaban J connectivity index is 1.48. The molecule has 2 amide bonds. The number of aryl methyl sites for hydroxylation is 2. The number of thioether (sulfide) groups is 1. The van der Waals surface area contributed by atoms with Crippen LogP contribution in [0.4, 0.5) is 0 Å². The smallest absolute Gasteiger partial charge is 0.269 e. The highest BCUT2D eigenvalue weighted by atomic mass is 32.2. The Hall–Kier alpha value is -3.18. The van der Waals surface area contributed by atoms with E-state index >= 15 is 0 Å². The summed E-state index contributed by atoms with van der Waals surface area (Å²) in [7, 11) is 1.55. The van der Waals surface area contributed by atoms with Crippen molar-refractivity contribution in [2.45, 2.75) is 38.8 Å². The maximum absolute atomic E-state index is 12.4. The number of nitrogens with one attached hydrogen (secondary N) is 2. The number of hydrazine groups is 1. The molecule has 11 heteroatoms. The van der Waals surface area contributed by atoms with Gasteiger partial charge in [0.1, 0.15) is 16.4 Å². The van der Waals surface area contributed by atoms with E-state index in [0.29, 0.717) is 16.5 Å². The number of carbonyl (C=O) groups is 2. The van der Waals surface area contributed by atoms with Crippen LogP contribution in [-0.2, 0) is 4.79 Å². The standard InChI is InChI=1S/C22H24N6O3S2/c1-11(2)18-23-21-17(12(3)13(4)33-21)19-25-27-22(28(18)19)32-10-16(29)24-26-20(30)14-6-8-15(31-5)9-7-14/h6-9,11H,10H2,1-5H3,(H,24,29)(H,26,30). The molecule has 3 aromatic heterocycles. The van der Waals surface area contributed by atoms with E-state index in [1.54, 1.807) is 42.7 Å². The first kappa shape index (κ1) is 23.0. The molecule has 3 heterocycles. The van der Waals surface area contributed by atoms with Crippen molar-refractivity contribution in [2.24, 2.45) is 0 Å². The van der Waals surface area contributed by atoms with E-state index in [2.05, 4.69) is 48.7 Å². The number of methoxy groups -OCH3 is 1. The van der Waals surface area contributed by atoms with E-state index in [-0.39, 0.29) is 17.6 Å². The number of hydrogen-bond donors (Lipinski definition) is 2. The fourth-order valence-electron chi connectivity index (χ4n) is 3.33. The number of carbonyl (C=O) groups excluding carboxylic acids is 2. The lowest BCUT2D eigenvalue weighted by atomic mass is 10.2. The molecule has 4 rings (SSSR count). The molecule has 0 unspecified atom stereocenters. The van der Waals surface area contributed by atoms with Crippen LogP contribution < -0.4 is 15.6 Å². The highest BCUT2D eigenvalue weighted by Crippen LogP contribution is 2.34. The molecule has 0 bridgehead atoms. The summed E-state index contributed by atoms with van der Waals surface area (Å²) in [6, 6.07) is 6.59. The van der Waals surface area contributed by atoms with Gasteiger partial charge in [-0.05, 0) is 43.7 Å². The molecule has 0 aliphatic heterocycles. The minimum atomic E-state index is -0.416. The van der Waals surface area contributed by atoms with Gasteiger partial charge in [0.25, 0.3) is 5.91 Å². The van der Waals surface area contributed by atoms with Crippen LogP contribution in [0.3, 0.4) is 0 Å². The van der Waals surface area contributed by atoms with E-state index in [9.17, 15) is 9.59 Å². The topological polar surface area (TPSA) is 111 Å². The first-order valence-corrected chi connectivity index (χ1v) is 12.1. The van der Waals surface area contributed by atoms with E-state index in [0.717, 1.165) is 27.3 Å². The summed E-state index contributed by atoms with van der Waals surface area (Å²) in [5.41, 5.74) is 7.16. The molecule has 0 spiro atoms. The first-order valence-electron chi connectivity index (χ1n) is 10.3.